The molecule has 0 heterocycles. The van der Waals surface area contributed by atoms with Crippen LogP contribution in [0.2, 0.25) is 0 Å². The summed E-state index contributed by atoms with van der Waals surface area (Å²) in [5.74, 6) is -0.0874. The highest BCUT2D eigenvalue weighted by Crippen LogP contribution is 2.12. The van der Waals surface area contributed by atoms with Crippen molar-refractivity contribution in [1.82, 2.24) is 0 Å². The highest BCUT2D eigenvalue weighted by atomic mass is 19.1. The quantitative estimate of drug-likeness (QED) is 0.732. The zero-order valence-electron chi connectivity index (χ0n) is 8.22. The van der Waals surface area contributed by atoms with Crippen LogP contribution in [0.15, 0.2) is 24.3 Å². The van der Waals surface area contributed by atoms with Crippen molar-refractivity contribution in [1.29, 1.82) is 0 Å². The summed E-state index contributed by atoms with van der Waals surface area (Å²) < 4.78 is 13.0. The summed E-state index contributed by atoms with van der Waals surface area (Å²) in [5.41, 5.74) is 0.496. The van der Waals surface area contributed by atoms with Crippen LogP contribution in [0.25, 0.3) is 0 Å². The molecule has 1 rings (SSSR count). The van der Waals surface area contributed by atoms with E-state index < -0.39 is 0 Å². The van der Waals surface area contributed by atoms with Crippen molar-refractivity contribution in [2.45, 2.75) is 19.8 Å². The van der Waals surface area contributed by atoms with Gasteiger partial charge in [-0.15, -0.1) is 0 Å². The second-order valence-electron chi connectivity index (χ2n) is 3.21. The Hall–Kier alpha value is -1.38. The van der Waals surface area contributed by atoms with Crippen LogP contribution in [0, 0.1) is 5.82 Å². The van der Waals surface area contributed by atoms with E-state index in [1.807, 2.05) is 0 Å². The molecule has 1 N–H and O–H groups in total. The topological polar surface area (TPSA) is 29.1 Å². The van der Waals surface area contributed by atoms with Gasteiger partial charge in [0.2, 0.25) is 0 Å². The fourth-order valence-corrected chi connectivity index (χ4v) is 1.16. The number of benzene rings is 1. The fraction of sp³-hybridized carbons (Fsp3) is 0.364. The van der Waals surface area contributed by atoms with E-state index in [1.165, 1.54) is 6.07 Å². The zero-order chi connectivity index (χ0) is 10.4. The molecule has 0 radical (unpaired) electrons. The lowest BCUT2D eigenvalue weighted by Gasteiger charge is -2.05. The molecule has 0 aliphatic heterocycles. The molecule has 0 spiro atoms. The molecule has 1 aromatic carbocycles. The predicted octanol–water partition coefficient (Wildman–Crippen LogP) is 2.61. The highest BCUT2D eigenvalue weighted by Gasteiger charge is 1.98. The molecule has 0 aliphatic rings. The van der Waals surface area contributed by atoms with E-state index in [4.69, 9.17) is 0 Å². The van der Waals surface area contributed by atoms with Crippen LogP contribution in [-0.4, -0.2) is 12.3 Å². The molecule has 14 heavy (non-hydrogen) atoms. The molecule has 2 nitrogen and oxygen atoms in total. The number of nitrogens with one attached hydrogen (secondary N) is 1. The molecule has 0 aliphatic carbocycles. The first-order valence-corrected chi connectivity index (χ1v) is 4.68. The van der Waals surface area contributed by atoms with Gasteiger partial charge in [0.15, 0.2) is 0 Å². The number of hydrogen-bond acceptors (Lipinski definition) is 2. The van der Waals surface area contributed by atoms with Gasteiger partial charge in [-0.1, -0.05) is 12.1 Å². The van der Waals surface area contributed by atoms with Gasteiger partial charge in [-0.05, 0) is 25.5 Å². The van der Waals surface area contributed by atoms with Crippen molar-refractivity contribution in [2.75, 3.05) is 11.9 Å². The van der Waals surface area contributed by atoms with E-state index in [1.54, 1.807) is 25.1 Å². The van der Waals surface area contributed by atoms with Gasteiger partial charge in [0.1, 0.15) is 11.6 Å². The van der Waals surface area contributed by atoms with E-state index in [0.29, 0.717) is 18.7 Å². The van der Waals surface area contributed by atoms with E-state index >= 15 is 0 Å². The van der Waals surface area contributed by atoms with Gasteiger partial charge < -0.3 is 10.1 Å². The first-order valence-electron chi connectivity index (χ1n) is 4.68. The van der Waals surface area contributed by atoms with E-state index in [-0.39, 0.29) is 11.6 Å². The lowest BCUT2D eigenvalue weighted by atomic mass is 10.2. The molecule has 0 fully saturated rings. The second kappa shape index (κ2) is 5.37. The molecule has 0 unspecified atom stereocenters. The summed E-state index contributed by atoms with van der Waals surface area (Å²) in [6.45, 7) is 2.18. The van der Waals surface area contributed by atoms with Crippen molar-refractivity contribution in [3.05, 3.63) is 30.1 Å². The summed E-state index contributed by atoms with van der Waals surface area (Å²) in [7, 11) is 0. The summed E-state index contributed by atoms with van der Waals surface area (Å²) >= 11 is 0. The van der Waals surface area contributed by atoms with Crippen LogP contribution in [-0.2, 0) is 4.79 Å². The Balaban J connectivity index is 2.31. The van der Waals surface area contributed by atoms with Gasteiger partial charge in [0.05, 0.1) is 5.69 Å². The van der Waals surface area contributed by atoms with Gasteiger partial charge >= 0.3 is 0 Å². The summed E-state index contributed by atoms with van der Waals surface area (Å²) in [5, 5.41) is 2.94. The maximum atomic E-state index is 13.0. The molecule has 1 aromatic rings. The minimum atomic E-state index is -0.254. The van der Waals surface area contributed by atoms with E-state index in [2.05, 4.69) is 5.32 Å². The molecule has 0 saturated carbocycles. The number of carbonyl (C=O) groups is 1. The predicted molar refractivity (Wildman–Crippen MR) is 54.8 cm³/mol. The number of anilines is 1. The van der Waals surface area contributed by atoms with Crippen molar-refractivity contribution in [2.24, 2.45) is 0 Å². The SMILES string of the molecule is CC(=O)CCCNc1ccccc1F. The first-order chi connectivity index (χ1) is 6.70. The molecule has 76 valence electrons. The summed E-state index contributed by atoms with van der Waals surface area (Å²) in [4.78, 5) is 10.6. The minimum Gasteiger partial charge on any atom is -0.383 e. The van der Waals surface area contributed by atoms with Crippen LogP contribution in [0.3, 0.4) is 0 Å². The zero-order valence-corrected chi connectivity index (χ0v) is 8.22. The molecule has 3 heteroatoms. The monoisotopic (exact) mass is 195 g/mol. The Kier molecular flexibility index (Phi) is 4.11. The smallest absolute Gasteiger partial charge is 0.146 e. The van der Waals surface area contributed by atoms with Crippen LogP contribution < -0.4 is 5.32 Å². The third kappa shape index (κ3) is 3.56. The van der Waals surface area contributed by atoms with E-state index in [9.17, 15) is 9.18 Å². The molecular formula is C11H14FNO. The molecule has 0 bridgehead atoms. The maximum absolute atomic E-state index is 13.0. The number of para-hydroxylation sites is 1. The maximum Gasteiger partial charge on any atom is 0.146 e. The summed E-state index contributed by atoms with van der Waals surface area (Å²) in [6, 6.07) is 6.52. The third-order valence-electron chi connectivity index (χ3n) is 1.89. The number of rotatable bonds is 5. The largest absolute Gasteiger partial charge is 0.383 e. The number of halogens is 1. The molecule has 0 atom stereocenters. The van der Waals surface area contributed by atoms with Gasteiger partial charge in [-0.3, -0.25) is 0 Å². The van der Waals surface area contributed by atoms with Gasteiger partial charge in [-0.2, -0.15) is 0 Å². The lowest BCUT2D eigenvalue weighted by Crippen LogP contribution is -2.04. The Morgan fingerprint density at radius 3 is 2.79 bits per heavy atom. The molecule has 0 amide bonds. The Labute approximate surface area is 83.1 Å². The van der Waals surface area contributed by atoms with Crippen LogP contribution in [0.4, 0.5) is 10.1 Å². The number of ketones is 1. The van der Waals surface area contributed by atoms with Crippen molar-refractivity contribution in [3.8, 4) is 0 Å². The normalized spacial score (nSPS) is 9.86. The molecule has 0 aromatic heterocycles. The second-order valence-corrected chi connectivity index (χ2v) is 3.21. The first kappa shape index (κ1) is 10.7. The average molecular weight is 195 g/mol. The van der Waals surface area contributed by atoms with Crippen molar-refractivity contribution in [3.63, 3.8) is 0 Å². The number of hydrogen-bond donors (Lipinski definition) is 1. The number of carbonyl (C=O) groups excluding carboxylic acids is 1. The van der Waals surface area contributed by atoms with Crippen LogP contribution in [0.5, 0.6) is 0 Å². The Bertz CT molecular complexity index is 312. The average Bonchev–Trinajstić information content (AvgIpc) is 2.15. The fourth-order valence-electron chi connectivity index (χ4n) is 1.16. The summed E-state index contributed by atoms with van der Waals surface area (Å²) in [6.07, 6.45) is 1.28. The van der Waals surface area contributed by atoms with Gasteiger partial charge in [0.25, 0.3) is 0 Å². The Morgan fingerprint density at radius 2 is 2.14 bits per heavy atom. The molecular weight excluding hydrogens is 181 g/mol. The Morgan fingerprint density at radius 1 is 1.43 bits per heavy atom. The van der Waals surface area contributed by atoms with Crippen molar-refractivity contribution < 1.29 is 9.18 Å². The standard InChI is InChI=1S/C11H14FNO/c1-9(14)5-4-8-13-11-7-3-2-6-10(11)12/h2-3,6-7,13H,4-5,8H2,1H3. The van der Waals surface area contributed by atoms with Gasteiger partial charge in [-0.25, -0.2) is 4.39 Å². The van der Waals surface area contributed by atoms with Crippen LogP contribution >= 0.6 is 0 Å². The lowest BCUT2D eigenvalue weighted by molar-refractivity contribution is -0.117. The van der Waals surface area contributed by atoms with Crippen molar-refractivity contribution >= 4 is 11.5 Å². The highest BCUT2D eigenvalue weighted by molar-refractivity contribution is 5.75. The number of Topliss-reactive ketones (excluding diaryl/α,β-unsaturated/α-hetero) is 1. The van der Waals surface area contributed by atoms with E-state index in [0.717, 1.165) is 6.42 Å². The van der Waals surface area contributed by atoms with Gasteiger partial charge in [0, 0.05) is 13.0 Å². The molecule has 0 saturated heterocycles. The minimum absolute atomic E-state index is 0.167. The van der Waals surface area contributed by atoms with Crippen LogP contribution in [0.1, 0.15) is 19.8 Å². The third-order valence-corrected chi connectivity index (χ3v) is 1.89.